The predicted molar refractivity (Wildman–Crippen MR) is 48.3 cm³/mol. The fourth-order valence-corrected chi connectivity index (χ4v) is 1.10. The summed E-state index contributed by atoms with van der Waals surface area (Å²) in [6.07, 6.45) is -3.93. The summed E-state index contributed by atoms with van der Waals surface area (Å²) in [4.78, 5) is 10.8. The highest BCUT2D eigenvalue weighted by Crippen LogP contribution is 2.20. The van der Waals surface area contributed by atoms with E-state index in [1.54, 1.807) is 0 Å². The summed E-state index contributed by atoms with van der Waals surface area (Å²) >= 11 is 0. The second-order valence-corrected chi connectivity index (χ2v) is 2.92. The van der Waals surface area contributed by atoms with Gasteiger partial charge in [-0.2, -0.15) is 0 Å². The highest BCUT2D eigenvalue weighted by Gasteiger charge is 2.28. The van der Waals surface area contributed by atoms with Crippen molar-refractivity contribution in [2.45, 2.75) is 12.3 Å². The minimum absolute atomic E-state index is 0.00657. The van der Waals surface area contributed by atoms with E-state index in [0.717, 1.165) is 19.2 Å². The van der Waals surface area contributed by atoms with Crippen molar-refractivity contribution in [3.63, 3.8) is 0 Å². The van der Waals surface area contributed by atoms with Crippen LogP contribution in [0.3, 0.4) is 0 Å². The van der Waals surface area contributed by atoms with Gasteiger partial charge in [0.15, 0.2) is 0 Å². The minimum Gasteiger partial charge on any atom is -0.467 e. The van der Waals surface area contributed by atoms with Gasteiger partial charge in [0, 0.05) is 0 Å². The van der Waals surface area contributed by atoms with Crippen molar-refractivity contribution < 1.29 is 23.4 Å². The zero-order chi connectivity index (χ0) is 11.4. The summed E-state index contributed by atoms with van der Waals surface area (Å²) in [5, 5.41) is 9.37. The molecule has 1 N–H and O–H groups in total. The van der Waals surface area contributed by atoms with Crippen molar-refractivity contribution in [3.8, 4) is 0 Å². The number of hydrogen-bond donors (Lipinski definition) is 1. The van der Waals surface area contributed by atoms with E-state index in [1.807, 2.05) is 0 Å². The van der Waals surface area contributed by atoms with Gasteiger partial charge in [-0.25, -0.2) is 13.6 Å². The monoisotopic (exact) mass is 216 g/mol. The van der Waals surface area contributed by atoms with Gasteiger partial charge < -0.3 is 9.84 Å². The Labute approximate surface area is 85.3 Å². The van der Waals surface area contributed by atoms with E-state index < -0.39 is 24.1 Å². The molecule has 0 saturated heterocycles. The Kier molecular flexibility index (Phi) is 3.74. The molecule has 1 aromatic carbocycles. The quantitative estimate of drug-likeness (QED) is 0.776. The van der Waals surface area contributed by atoms with E-state index in [1.165, 1.54) is 12.1 Å². The third-order valence-electron chi connectivity index (χ3n) is 1.89. The Morgan fingerprint density at radius 1 is 1.53 bits per heavy atom. The average molecular weight is 216 g/mol. The number of alkyl halides is 1. The summed E-state index contributed by atoms with van der Waals surface area (Å²) in [6, 6.07) is 4.75. The van der Waals surface area contributed by atoms with Crippen LogP contribution in [0.5, 0.6) is 0 Å². The SMILES string of the molecule is COC(=O)C(F)C(O)c1cccc(F)c1. The van der Waals surface area contributed by atoms with Crippen molar-refractivity contribution in [1.82, 2.24) is 0 Å². The molecule has 82 valence electrons. The molecular weight excluding hydrogens is 206 g/mol. The molecule has 0 bridgehead atoms. The van der Waals surface area contributed by atoms with Crippen molar-refractivity contribution in [2.75, 3.05) is 7.11 Å². The first kappa shape index (κ1) is 11.6. The Morgan fingerprint density at radius 2 is 2.20 bits per heavy atom. The zero-order valence-electron chi connectivity index (χ0n) is 7.98. The number of methoxy groups -OCH3 is 1. The second-order valence-electron chi connectivity index (χ2n) is 2.92. The maximum atomic E-state index is 13.2. The minimum atomic E-state index is -2.21. The van der Waals surface area contributed by atoms with Crippen LogP contribution in [-0.4, -0.2) is 24.4 Å². The van der Waals surface area contributed by atoms with Crippen molar-refractivity contribution in [2.24, 2.45) is 0 Å². The van der Waals surface area contributed by atoms with E-state index in [0.29, 0.717) is 0 Å². The number of carbonyl (C=O) groups is 1. The summed E-state index contributed by atoms with van der Waals surface area (Å²) < 4.78 is 30.0. The van der Waals surface area contributed by atoms with Crippen LogP contribution in [0, 0.1) is 5.82 Å². The van der Waals surface area contributed by atoms with Gasteiger partial charge in [0.1, 0.15) is 11.9 Å². The normalized spacial score (nSPS) is 14.4. The van der Waals surface area contributed by atoms with Gasteiger partial charge in [0.05, 0.1) is 7.11 Å². The van der Waals surface area contributed by atoms with Gasteiger partial charge in [-0.15, -0.1) is 0 Å². The standard InChI is InChI=1S/C10H10F2O3/c1-15-10(14)8(12)9(13)6-3-2-4-7(11)5-6/h2-5,8-9,13H,1H3. The van der Waals surface area contributed by atoms with Crippen LogP contribution in [0.1, 0.15) is 11.7 Å². The summed E-state index contributed by atoms with van der Waals surface area (Å²) in [6.45, 7) is 0. The topological polar surface area (TPSA) is 46.5 Å². The smallest absolute Gasteiger partial charge is 0.343 e. The molecule has 1 aromatic rings. The van der Waals surface area contributed by atoms with Crippen LogP contribution in [0.15, 0.2) is 24.3 Å². The maximum absolute atomic E-state index is 13.2. The van der Waals surface area contributed by atoms with Crippen LogP contribution in [-0.2, 0) is 9.53 Å². The molecule has 0 aliphatic rings. The lowest BCUT2D eigenvalue weighted by Crippen LogP contribution is -2.25. The lowest BCUT2D eigenvalue weighted by molar-refractivity contribution is -0.151. The van der Waals surface area contributed by atoms with E-state index in [4.69, 9.17) is 0 Å². The van der Waals surface area contributed by atoms with Crippen LogP contribution in [0.2, 0.25) is 0 Å². The number of hydrogen-bond acceptors (Lipinski definition) is 3. The molecular formula is C10H10F2O3. The van der Waals surface area contributed by atoms with E-state index in [2.05, 4.69) is 4.74 Å². The number of aliphatic hydroxyl groups excluding tert-OH is 1. The van der Waals surface area contributed by atoms with Gasteiger partial charge in [-0.05, 0) is 17.7 Å². The van der Waals surface area contributed by atoms with Crippen molar-refractivity contribution in [3.05, 3.63) is 35.6 Å². The van der Waals surface area contributed by atoms with Crippen LogP contribution in [0.25, 0.3) is 0 Å². The lowest BCUT2D eigenvalue weighted by Gasteiger charge is -2.13. The molecule has 0 amide bonds. The molecule has 0 aliphatic carbocycles. The first-order chi connectivity index (χ1) is 7.06. The van der Waals surface area contributed by atoms with E-state index in [9.17, 15) is 18.7 Å². The fourth-order valence-electron chi connectivity index (χ4n) is 1.10. The molecule has 0 aliphatic heterocycles. The van der Waals surface area contributed by atoms with Gasteiger partial charge in [0.25, 0.3) is 0 Å². The van der Waals surface area contributed by atoms with Gasteiger partial charge in [0.2, 0.25) is 6.17 Å². The van der Waals surface area contributed by atoms with Gasteiger partial charge in [-0.1, -0.05) is 12.1 Å². The van der Waals surface area contributed by atoms with Crippen LogP contribution >= 0.6 is 0 Å². The fraction of sp³-hybridized carbons (Fsp3) is 0.300. The predicted octanol–water partition coefficient (Wildman–Crippen LogP) is 1.37. The van der Waals surface area contributed by atoms with Crippen LogP contribution in [0.4, 0.5) is 8.78 Å². The Bertz CT molecular complexity index is 354. The van der Waals surface area contributed by atoms with Crippen LogP contribution < -0.4 is 0 Å². The highest BCUT2D eigenvalue weighted by atomic mass is 19.1. The molecule has 5 heteroatoms. The Balaban J connectivity index is 2.84. The zero-order valence-corrected chi connectivity index (χ0v) is 7.98. The second kappa shape index (κ2) is 4.84. The summed E-state index contributed by atoms with van der Waals surface area (Å²) in [7, 11) is 1.01. The summed E-state index contributed by atoms with van der Waals surface area (Å²) in [5.41, 5.74) is -0.00657. The molecule has 1 rings (SSSR count). The Hall–Kier alpha value is -1.49. The van der Waals surface area contributed by atoms with Crippen molar-refractivity contribution in [1.29, 1.82) is 0 Å². The van der Waals surface area contributed by atoms with Crippen molar-refractivity contribution >= 4 is 5.97 Å². The highest BCUT2D eigenvalue weighted by molar-refractivity contribution is 5.75. The number of halogens is 2. The molecule has 2 unspecified atom stereocenters. The Morgan fingerprint density at radius 3 is 2.73 bits per heavy atom. The number of aliphatic hydroxyl groups is 1. The largest absolute Gasteiger partial charge is 0.467 e. The first-order valence-corrected chi connectivity index (χ1v) is 4.21. The molecule has 0 radical (unpaired) electrons. The number of ether oxygens (including phenoxy) is 1. The first-order valence-electron chi connectivity index (χ1n) is 4.21. The third-order valence-corrected chi connectivity index (χ3v) is 1.89. The van der Waals surface area contributed by atoms with Gasteiger partial charge >= 0.3 is 5.97 Å². The number of esters is 1. The number of benzene rings is 1. The molecule has 0 spiro atoms. The molecule has 0 saturated carbocycles. The molecule has 3 nitrogen and oxygen atoms in total. The van der Waals surface area contributed by atoms with E-state index >= 15 is 0 Å². The molecule has 0 aromatic heterocycles. The molecule has 0 heterocycles. The average Bonchev–Trinajstić information content (AvgIpc) is 2.26. The number of rotatable bonds is 3. The molecule has 0 fully saturated rings. The number of carbonyl (C=O) groups excluding carboxylic acids is 1. The molecule has 2 atom stereocenters. The summed E-state index contributed by atoms with van der Waals surface area (Å²) in [5.74, 6) is -1.80. The maximum Gasteiger partial charge on any atom is 0.343 e. The molecule has 15 heavy (non-hydrogen) atoms. The van der Waals surface area contributed by atoms with Gasteiger partial charge in [-0.3, -0.25) is 0 Å². The van der Waals surface area contributed by atoms with E-state index in [-0.39, 0.29) is 5.56 Å². The third kappa shape index (κ3) is 2.73. The lowest BCUT2D eigenvalue weighted by atomic mass is 10.1.